The van der Waals surface area contributed by atoms with E-state index in [0.717, 1.165) is 32.7 Å². The first-order chi connectivity index (χ1) is 6.93. The molecular formula is C10H21NO3. The first kappa shape index (κ1) is 11.9. The van der Waals surface area contributed by atoms with Crippen molar-refractivity contribution in [3.63, 3.8) is 0 Å². The van der Waals surface area contributed by atoms with Gasteiger partial charge in [-0.1, -0.05) is 0 Å². The van der Waals surface area contributed by atoms with Crippen LogP contribution in [-0.4, -0.2) is 46.2 Å². The number of rotatable bonds is 7. The van der Waals surface area contributed by atoms with Gasteiger partial charge in [-0.25, -0.2) is 0 Å². The summed E-state index contributed by atoms with van der Waals surface area (Å²) in [4.78, 5) is 0. The van der Waals surface area contributed by atoms with Gasteiger partial charge in [0.2, 0.25) is 0 Å². The lowest BCUT2D eigenvalue weighted by Gasteiger charge is -2.21. The van der Waals surface area contributed by atoms with Crippen LogP contribution in [-0.2, 0) is 14.2 Å². The largest absolute Gasteiger partial charge is 0.381 e. The summed E-state index contributed by atoms with van der Waals surface area (Å²) in [7, 11) is 0. The van der Waals surface area contributed by atoms with Crippen molar-refractivity contribution in [3.05, 3.63) is 0 Å². The highest BCUT2D eigenvalue weighted by Gasteiger charge is 2.13. The minimum atomic E-state index is 0.583. The van der Waals surface area contributed by atoms with Gasteiger partial charge >= 0.3 is 0 Å². The van der Waals surface area contributed by atoms with Gasteiger partial charge < -0.3 is 19.9 Å². The van der Waals surface area contributed by atoms with Gasteiger partial charge in [0.25, 0.3) is 0 Å². The van der Waals surface area contributed by atoms with Crippen molar-refractivity contribution in [1.29, 1.82) is 0 Å². The lowest BCUT2D eigenvalue weighted by atomic mass is 10.0. The van der Waals surface area contributed by atoms with E-state index < -0.39 is 0 Å². The third-order valence-corrected chi connectivity index (χ3v) is 2.33. The average Bonchev–Trinajstić information content (AvgIpc) is 2.25. The molecule has 1 fully saturated rings. The zero-order valence-corrected chi connectivity index (χ0v) is 8.74. The van der Waals surface area contributed by atoms with Crippen LogP contribution in [0, 0.1) is 5.92 Å². The highest BCUT2D eigenvalue weighted by atomic mass is 16.5. The second kappa shape index (κ2) is 8.17. The SMILES string of the molecule is NCCOCCOCC1CCOCC1. The van der Waals surface area contributed by atoms with E-state index in [4.69, 9.17) is 19.9 Å². The van der Waals surface area contributed by atoms with Crippen molar-refractivity contribution >= 4 is 0 Å². The highest BCUT2D eigenvalue weighted by molar-refractivity contribution is 4.62. The molecule has 0 radical (unpaired) electrons. The summed E-state index contributed by atoms with van der Waals surface area (Å²) in [5.74, 6) is 0.679. The van der Waals surface area contributed by atoms with Crippen molar-refractivity contribution in [2.75, 3.05) is 46.2 Å². The number of hydrogen-bond donors (Lipinski definition) is 1. The van der Waals surface area contributed by atoms with Gasteiger partial charge in [-0.2, -0.15) is 0 Å². The lowest BCUT2D eigenvalue weighted by Crippen LogP contribution is -2.21. The van der Waals surface area contributed by atoms with Crippen LogP contribution >= 0.6 is 0 Å². The van der Waals surface area contributed by atoms with Crippen molar-refractivity contribution in [2.45, 2.75) is 12.8 Å². The Hall–Kier alpha value is -0.160. The van der Waals surface area contributed by atoms with Crippen LogP contribution in [0.3, 0.4) is 0 Å². The fourth-order valence-electron chi connectivity index (χ4n) is 1.47. The van der Waals surface area contributed by atoms with E-state index in [1.807, 2.05) is 0 Å². The predicted molar refractivity (Wildman–Crippen MR) is 54.2 cm³/mol. The van der Waals surface area contributed by atoms with Gasteiger partial charge in [-0.15, -0.1) is 0 Å². The molecule has 0 atom stereocenters. The maximum Gasteiger partial charge on any atom is 0.0701 e. The van der Waals surface area contributed by atoms with E-state index in [-0.39, 0.29) is 0 Å². The van der Waals surface area contributed by atoms with Gasteiger partial charge in [0.05, 0.1) is 19.8 Å². The molecular weight excluding hydrogens is 182 g/mol. The molecule has 0 saturated carbocycles. The van der Waals surface area contributed by atoms with Gasteiger partial charge in [0.15, 0.2) is 0 Å². The van der Waals surface area contributed by atoms with E-state index >= 15 is 0 Å². The topological polar surface area (TPSA) is 53.7 Å². The van der Waals surface area contributed by atoms with Crippen LogP contribution in [0.25, 0.3) is 0 Å². The molecule has 1 aliphatic rings. The summed E-state index contributed by atoms with van der Waals surface area (Å²) in [5.41, 5.74) is 5.28. The van der Waals surface area contributed by atoms with Gasteiger partial charge in [-0.05, 0) is 18.8 Å². The molecule has 1 rings (SSSR count). The maximum atomic E-state index is 5.50. The Labute approximate surface area is 85.7 Å². The summed E-state index contributed by atoms with van der Waals surface area (Å²) in [6.45, 7) is 5.16. The summed E-state index contributed by atoms with van der Waals surface area (Å²) in [5, 5.41) is 0. The molecule has 4 nitrogen and oxygen atoms in total. The Morgan fingerprint density at radius 3 is 2.50 bits per heavy atom. The molecule has 2 N–H and O–H groups in total. The molecule has 0 aliphatic carbocycles. The Kier molecular flexibility index (Phi) is 6.95. The van der Waals surface area contributed by atoms with Gasteiger partial charge in [0.1, 0.15) is 0 Å². The van der Waals surface area contributed by atoms with Crippen molar-refractivity contribution in [2.24, 2.45) is 11.7 Å². The Bertz CT molecular complexity index is 127. The molecule has 0 aromatic carbocycles. The monoisotopic (exact) mass is 203 g/mol. The van der Waals surface area contributed by atoms with Crippen molar-refractivity contribution in [1.82, 2.24) is 0 Å². The van der Waals surface area contributed by atoms with Crippen LogP contribution < -0.4 is 5.73 Å². The van der Waals surface area contributed by atoms with Crippen molar-refractivity contribution in [3.8, 4) is 0 Å². The maximum absolute atomic E-state index is 5.50. The molecule has 4 heteroatoms. The highest BCUT2D eigenvalue weighted by Crippen LogP contribution is 2.14. The first-order valence-electron chi connectivity index (χ1n) is 5.37. The summed E-state index contributed by atoms with van der Waals surface area (Å²) in [6.07, 6.45) is 2.26. The molecule has 0 unspecified atom stereocenters. The van der Waals surface area contributed by atoms with E-state index in [0.29, 0.717) is 32.3 Å². The molecule has 1 saturated heterocycles. The molecule has 1 aliphatic heterocycles. The molecule has 1 heterocycles. The van der Waals surface area contributed by atoms with Crippen LogP contribution in [0.5, 0.6) is 0 Å². The quantitative estimate of drug-likeness (QED) is 0.609. The number of hydrogen-bond acceptors (Lipinski definition) is 4. The Balaban J connectivity index is 1.82. The zero-order valence-electron chi connectivity index (χ0n) is 8.74. The normalized spacial score (nSPS) is 18.6. The standard InChI is InChI=1S/C10H21NO3/c11-3-6-13-7-8-14-9-10-1-4-12-5-2-10/h10H,1-9,11H2. The van der Waals surface area contributed by atoms with Crippen LogP contribution in [0.1, 0.15) is 12.8 Å². The molecule has 0 bridgehead atoms. The predicted octanol–water partition coefficient (Wildman–Crippen LogP) is 0.405. The smallest absolute Gasteiger partial charge is 0.0701 e. The van der Waals surface area contributed by atoms with E-state index in [1.54, 1.807) is 0 Å². The van der Waals surface area contributed by atoms with E-state index in [9.17, 15) is 0 Å². The van der Waals surface area contributed by atoms with Gasteiger partial charge in [0, 0.05) is 26.4 Å². The molecule has 0 aromatic rings. The summed E-state index contributed by atoms with van der Waals surface area (Å²) < 4.78 is 16.0. The molecule has 84 valence electrons. The van der Waals surface area contributed by atoms with Crippen LogP contribution in [0.2, 0.25) is 0 Å². The fourth-order valence-corrected chi connectivity index (χ4v) is 1.47. The van der Waals surface area contributed by atoms with E-state index in [2.05, 4.69) is 0 Å². The second-order valence-electron chi connectivity index (χ2n) is 3.53. The fraction of sp³-hybridized carbons (Fsp3) is 1.00. The molecule has 14 heavy (non-hydrogen) atoms. The number of ether oxygens (including phenoxy) is 3. The lowest BCUT2D eigenvalue weighted by molar-refractivity contribution is 0.00102. The molecule has 0 amide bonds. The van der Waals surface area contributed by atoms with Gasteiger partial charge in [-0.3, -0.25) is 0 Å². The molecule has 0 spiro atoms. The number of nitrogens with two attached hydrogens (primary N) is 1. The zero-order chi connectivity index (χ0) is 10.1. The Morgan fingerprint density at radius 1 is 1.07 bits per heavy atom. The van der Waals surface area contributed by atoms with E-state index in [1.165, 1.54) is 0 Å². The van der Waals surface area contributed by atoms with Crippen LogP contribution in [0.15, 0.2) is 0 Å². The van der Waals surface area contributed by atoms with Crippen LogP contribution in [0.4, 0.5) is 0 Å². The second-order valence-corrected chi connectivity index (χ2v) is 3.53. The Morgan fingerprint density at radius 2 is 1.79 bits per heavy atom. The third-order valence-electron chi connectivity index (χ3n) is 2.33. The first-order valence-corrected chi connectivity index (χ1v) is 5.37. The third kappa shape index (κ3) is 5.54. The molecule has 0 aromatic heterocycles. The average molecular weight is 203 g/mol. The summed E-state index contributed by atoms with van der Waals surface area (Å²) in [6, 6.07) is 0. The van der Waals surface area contributed by atoms with Crippen molar-refractivity contribution < 1.29 is 14.2 Å². The minimum absolute atomic E-state index is 0.583. The summed E-state index contributed by atoms with van der Waals surface area (Å²) >= 11 is 0. The minimum Gasteiger partial charge on any atom is -0.381 e.